The minimum atomic E-state index is -0.171. The molecule has 0 spiro atoms. The number of amides is 1. The second-order valence-electron chi connectivity index (χ2n) is 7.14. The summed E-state index contributed by atoms with van der Waals surface area (Å²) in [6.45, 7) is 1.45. The van der Waals surface area contributed by atoms with E-state index in [9.17, 15) is 9.59 Å². The molecule has 4 N–H and O–H groups in total. The van der Waals surface area contributed by atoms with Gasteiger partial charge in [0.15, 0.2) is 0 Å². The molecule has 4 aromatic rings. The smallest absolute Gasteiger partial charge is 0.221 e. The molecule has 8 heteroatoms. The molecule has 1 heterocycles. The number of ketones is 1. The SMILES string of the molecule is CC(=O)Nc1ccc(N=Nc2c(Nc3ccccc3)sc(C(=O)c3ccccc3)c2N)cc1. The van der Waals surface area contributed by atoms with Gasteiger partial charge in [-0.3, -0.25) is 9.59 Å². The van der Waals surface area contributed by atoms with Crippen molar-refractivity contribution in [2.24, 2.45) is 10.2 Å². The predicted molar refractivity (Wildman–Crippen MR) is 133 cm³/mol. The molecule has 1 aromatic heterocycles. The quantitative estimate of drug-likeness (QED) is 0.213. The first-order valence-electron chi connectivity index (χ1n) is 10.1. The number of hydrogen-bond donors (Lipinski definition) is 3. The number of nitrogens with two attached hydrogens (primary N) is 1. The largest absolute Gasteiger partial charge is 0.396 e. The number of anilines is 4. The minimum absolute atomic E-state index is 0.150. The van der Waals surface area contributed by atoms with E-state index < -0.39 is 0 Å². The van der Waals surface area contributed by atoms with Gasteiger partial charge in [0.2, 0.25) is 11.7 Å². The van der Waals surface area contributed by atoms with Gasteiger partial charge in [-0.1, -0.05) is 48.5 Å². The van der Waals surface area contributed by atoms with Crippen LogP contribution in [0.1, 0.15) is 22.2 Å². The van der Waals surface area contributed by atoms with E-state index in [0.29, 0.717) is 32.5 Å². The maximum Gasteiger partial charge on any atom is 0.221 e. The number of benzene rings is 3. The fraction of sp³-hybridized carbons (Fsp3) is 0.0400. The van der Waals surface area contributed by atoms with E-state index in [-0.39, 0.29) is 17.4 Å². The van der Waals surface area contributed by atoms with Crippen molar-refractivity contribution in [2.75, 3.05) is 16.4 Å². The van der Waals surface area contributed by atoms with Crippen molar-refractivity contribution in [2.45, 2.75) is 6.92 Å². The van der Waals surface area contributed by atoms with Crippen LogP contribution in [0, 0.1) is 0 Å². The molecule has 4 rings (SSSR count). The van der Waals surface area contributed by atoms with Gasteiger partial charge in [0.05, 0.1) is 11.4 Å². The Labute approximate surface area is 195 Å². The first-order valence-corrected chi connectivity index (χ1v) is 11.0. The van der Waals surface area contributed by atoms with Crippen molar-refractivity contribution in [3.05, 3.63) is 95.4 Å². The van der Waals surface area contributed by atoms with Crippen molar-refractivity contribution >= 4 is 56.5 Å². The zero-order chi connectivity index (χ0) is 23.2. The standard InChI is InChI=1S/C25H21N5O2S/c1-16(31)27-19-12-14-20(15-13-19)29-30-22-21(26)24(23(32)17-8-4-2-5-9-17)33-25(22)28-18-10-6-3-7-11-18/h2-15,28H,26H2,1H3,(H,27,31). The molecule has 0 unspecified atom stereocenters. The lowest BCUT2D eigenvalue weighted by molar-refractivity contribution is -0.114. The van der Waals surface area contributed by atoms with E-state index in [0.717, 1.165) is 5.69 Å². The fourth-order valence-electron chi connectivity index (χ4n) is 3.08. The summed E-state index contributed by atoms with van der Waals surface area (Å²) in [5.74, 6) is -0.321. The van der Waals surface area contributed by atoms with Gasteiger partial charge < -0.3 is 16.4 Å². The number of nitrogens with zero attached hydrogens (tertiary/aromatic N) is 2. The van der Waals surface area contributed by atoms with Crippen LogP contribution >= 0.6 is 11.3 Å². The molecule has 0 saturated heterocycles. The van der Waals surface area contributed by atoms with Crippen molar-refractivity contribution in [3.63, 3.8) is 0 Å². The Hall–Kier alpha value is -4.30. The van der Waals surface area contributed by atoms with Crippen LogP contribution in [0.25, 0.3) is 0 Å². The summed E-state index contributed by atoms with van der Waals surface area (Å²) < 4.78 is 0. The molecule has 0 fully saturated rings. The normalized spacial score (nSPS) is 10.8. The summed E-state index contributed by atoms with van der Waals surface area (Å²) >= 11 is 1.24. The lowest BCUT2D eigenvalue weighted by Crippen LogP contribution is -2.04. The zero-order valence-electron chi connectivity index (χ0n) is 17.8. The third-order valence-electron chi connectivity index (χ3n) is 4.65. The Kier molecular flexibility index (Phi) is 6.56. The molecule has 0 atom stereocenters. The van der Waals surface area contributed by atoms with Crippen molar-refractivity contribution < 1.29 is 9.59 Å². The number of rotatable bonds is 7. The number of azo groups is 1. The molecule has 0 aliphatic rings. The predicted octanol–water partition coefficient (Wildman–Crippen LogP) is 6.68. The number of nitrogen functional groups attached to an aromatic ring is 1. The topological polar surface area (TPSA) is 109 Å². The number of thiophene rings is 1. The van der Waals surface area contributed by atoms with Crippen LogP contribution < -0.4 is 16.4 Å². The van der Waals surface area contributed by atoms with E-state index in [1.165, 1.54) is 18.3 Å². The maximum absolute atomic E-state index is 13.1. The highest BCUT2D eigenvalue weighted by molar-refractivity contribution is 7.19. The summed E-state index contributed by atoms with van der Waals surface area (Å²) in [4.78, 5) is 24.7. The van der Waals surface area contributed by atoms with Gasteiger partial charge in [0.25, 0.3) is 0 Å². The van der Waals surface area contributed by atoms with Crippen LogP contribution in [0.15, 0.2) is 95.2 Å². The average Bonchev–Trinajstić information content (AvgIpc) is 3.13. The highest BCUT2D eigenvalue weighted by Gasteiger charge is 2.22. The van der Waals surface area contributed by atoms with E-state index >= 15 is 0 Å². The Morgan fingerprint density at radius 3 is 2.09 bits per heavy atom. The number of carbonyl (C=O) groups excluding carboxylic acids is 2. The molecule has 164 valence electrons. The van der Waals surface area contributed by atoms with Crippen LogP contribution in [-0.4, -0.2) is 11.7 Å². The maximum atomic E-state index is 13.1. The highest BCUT2D eigenvalue weighted by atomic mass is 32.1. The molecule has 3 aromatic carbocycles. The third kappa shape index (κ3) is 5.31. The molecule has 0 saturated carbocycles. The second kappa shape index (κ2) is 9.88. The van der Waals surface area contributed by atoms with Crippen molar-refractivity contribution in [1.29, 1.82) is 0 Å². The number of carbonyl (C=O) groups is 2. The molecule has 1 amide bonds. The molecule has 0 radical (unpaired) electrons. The van der Waals surface area contributed by atoms with Crippen LogP contribution in [0.3, 0.4) is 0 Å². The Balaban J connectivity index is 1.69. The van der Waals surface area contributed by atoms with Gasteiger partial charge in [-0.25, -0.2) is 0 Å². The van der Waals surface area contributed by atoms with Crippen LogP contribution in [0.5, 0.6) is 0 Å². The lowest BCUT2D eigenvalue weighted by atomic mass is 10.1. The number of hydrogen-bond acceptors (Lipinski definition) is 7. The molecule has 0 aliphatic heterocycles. The van der Waals surface area contributed by atoms with E-state index in [4.69, 9.17) is 5.73 Å². The Morgan fingerprint density at radius 1 is 0.818 bits per heavy atom. The van der Waals surface area contributed by atoms with Crippen molar-refractivity contribution in [1.82, 2.24) is 0 Å². The third-order valence-corrected chi connectivity index (χ3v) is 5.75. The van der Waals surface area contributed by atoms with E-state index in [1.54, 1.807) is 36.4 Å². The molecule has 0 bridgehead atoms. The van der Waals surface area contributed by atoms with Crippen LogP contribution in [-0.2, 0) is 4.79 Å². The second-order valence-corrected chi connectivity index (χ2v) is 8.16. The molecule has 0 aliphatic carbocycles. The molecule has 7 nitrogen and oxygen atoms in total. The number of nitrogens with one attached hydrogen (secondary N) is 2. The number of para-hydroxylation sites is 1. The summed E-state index contributed by atoms with van der Waals surface area (Å²) in [5.41, 5.74) is 9.69. The van der Waals surface area contributed by atoms with Gasteiger partial charge in [-0.05, 0) is 36.4 Å². The van der Waals surface area contributed by atoms with Crippen LogP contribution in [0.4, 0.5) is 33.4 Å². The summed E-state index contributed by atoms with van der Waals surface area (Å²) in [6.07, 6.45) is 0. The molecular formula is C25H21N5O2S. The van der Waals surface area contributed by atoms with Gasteiger partial charge in [0.1, 0.15) is 15.6 Å². The van der Waals surface area contributed by atoms with E-state index in [2.05, 4.69) is 20.9 Å². The van der Waals surface area contributed by atoms with E-state index in [1.807, 2.05) is 48.5 Å². The van der Waals surface area contributed by atoms with Crippen LogP contribution in [0.2, 0.25) is 0 Å². The average molecular weight is 456 g/mol. The minimum Gasteiger partial charge on any atom is -0.396 e. The fourth-order valence-corrected chi connectivity index (χ4v) is 4.12. The summed E-state index contributed by atoms with van der Waals surface area (Å²) in [7, 11) is 0. The monoisotopic (exact) mass is 455 g/mol. The van der Waals surface area contributed by atoms with Gasteiger partial charge in [0, 0.05) is 23.9 Å². The zero-order valence-corrected chi connectivity index (χ0v) is 18.6. The Bertz CT molecular complexity index is 1300. The summed E-state index contributed by atoms with van der Waals surface area (Å²) in [5, 5.41) is 15.3. The molecule has 33 heavy (non-hydrogen) atoms. The highest BCUT2D eigenvalue weighted by Crippen LogP contribution is 2.45. The summed E-state index contributed by atoms with van der Waals surface area (Å²) in [6, 6.07) is 25.5. The van der Waals surface area contributed by atoms with Crippen molar-refractivity contribution in [3.8, 4) is 0 Å². The lowest BCUT2D eigenvalue weighted by Gasteiger charge is -2.04. The van der Waals surface area contributed by atoms with Gasteiger partial charge >= 0.3 is 0 Å². The Morgan fingerprint density at radius 2 is 1.45 bits per heavy atom. The molecular weight excluding hydrogens is 434 g/mol. The first-order chi connectivity index (χ1) is 16.0. The van der Waals surface area contributed by atoms with Gasteiger partial charge in [-0.15, -0.1) is 16.5 Å². The first kappa shape index (κ1) is 21.9. The van der Waals surface area contributed by atoms with Gasteiger partial charge in [-0.2, -0.15) is 5.11 Å².